The second kappa shape index (κ2) is 8.01. The highest BCUT2D eigenvalue weighted by Gasteiger charge is 2.28. The fourth-order valence-electron chi connectivity index (χ4n) is 2.77. The molecule has 0 bridgehead atoms. The minimum absolute atomic E-state index is 0.157. The Morgan fingerprint density at radius 2 is 2.08 bits per heavy atom. The van der Waals surface area contributed by atoms with Crippen LogP contribution in [0.2, 0.25) is 0 Å². The number of fused-ring (bicyclic) bond motifs is 1. The monoisotopic (exact) mass is 373 g/mol. The summed E-state index contributed by atoms with van der Waals surface area (Å²) in [6, 6.07) is 5.85. The Bertz CT molecular complexity index is 843. The van der Waals surface area contributed by atoms with E-state index in [1.807, 2.05) is 0 Å². The number of nitrogens with one attached hydrogen (secondary N) is 2. The van der Waals surface area contributed by atoms with Crippen LogP contribution in [0.3, 0.4) is 0 Å². The molecular formula is C18H19N3O4S. The van der Waals surface area contributed by atoms with Crippen molar-refractivity contribution in [2.24, 2.45) is 5.10 Å². The van der Waals surface area contributed by atoms with Crippen LogP contribution in [0.15, 0.2) is 29.4 Å². The molecule has 0 unspecified atom stereocenters. The first-order chi connectivity index (χ1) is 12.6. The molecule has 1 aliphatic rings. The Morgan fingerprint density at radius 3 is 2.81 bits per heavy atom. The van der Waals surface area contributed by atoms with Crippen molar-refractivity contribution in [2.45, 2.75) is 26.2 Å². The number of urea groups is 1. The van der Waals surface area contributed by atoms with E-state index in [-0.39, 0.29) is 12.4 Å². The maximum absolute atomic E-state index is 12.3. The van der Waals surface area contributed by atoms with Crippen molar-refractivity contribution in [1.29, 1.82) is 0 Å². The Kier molecular flexibility index (Phi) is 5.52. The molecule has 136 valence electrons. The number of hydrogen-bond donors (Lipinski definition) is 3. The molecule has 7 nitrogen and oxygen atoms in total. The van der Waals surface area contributed by atoms with Crippen molar-refractivity contribution < 1.29 is 19.4 Å². The summed E-state index contributed by atoms with van der Waals surface area (Å²) in [5, 5.41) is 16.3. The summed E-state index contributed by atoms with van der Waals surface area (Å²) in [7, 11) is 0. The number of ether oxygens (including phenoxy) is 1. The zero-order valence-electron chi connectivity index (χ0n) is 14.2. The highest BCUT2D eigenvalue weighted by atomic mass is 32.1. The SMILES string of the molecule is CCOC(=O)c1c(NC(=O)NN=Cc2ccc(O)cc2)sc2c1CCC2. The third kappa shape index (κ3) is 4.02. The van der Waals surface area contributed by atoms with Crippen LogP contribution in [0, 0.1) is 0 Å². The van der Waals surface area contributed by atoms with Gasteiger partial charge in [-0.3, -0.25) is 5.32 Å². The molecule has 0 saturated carbocycles. The molecule has 1 aromatic heterocycles. The van der Waals surface area contributed by atoms with Gasteiger partial charge in [0.25, 0.3) is 0 Å². The summed E-state index contributed by atoms with van der Waals surface area (Å²) in [5.74, 6) is -0.250. The van der Waals surface area contributed by atoms with Crippen molar-refractivity contribution in [3.63, 3.8) is 0 Å². The van der Waals surface area contributed by atoms with E-state index >= 15 is 0 Å². The smallest absolute Gasteiger partial charge is 0.341 e. The van der Waals surface area contributed by atoms with Gasteiger partial charge in [0.05, 0.1) is 18.4 Å². The van der Waals surface area contributed by atoms with Gasteiger partial charge < -0.3 is 9.84 Å². The van der Waals surface area contributed by atoms with Crippen molar-refractivity contribution in [3.8, 4) is 5.75 Å². The van der Waals surface area contributed by atoms with E-state index in [2.05, 4.69) is 15.8 Å². The van der Waals surface area contributed by atoms with Gasteiger partial charge in [0.15, 0.2) is 0 Å². The summed E-state index contributed by atoms with van der Waals surface area (Å²) in [4.78, 5) is 25.5. The number of aryl methyl sites for hydroxylation is 1. The lowest BCUT2D eigenvalue weighted by Gasteiger charge is -2.07. The molecule has 0 aliphatic heterocycles. The average molecular weight is 373 g/mol. The first-order valence-corrected chi connectivity index (χ1v) is 9.11. The van der Waals surface area contributed by atoms with E-state index in [9.17, 15) is 14.7 Å². The summed E-state index contributed by atoms with van der Waals surface area (Å²) < 4.78 is 5.13. The van der Waals surface area contributed by atoms with Gasteiger partial charge in [-0.25, -0.2) is 15.0 Å². The van der Waals surface area contributed by atoms with E-state index in [1.54, 1.807) is 19.1 Å². The van der Waals surface area contributed by atoms with Crippen molar-refractivity contribution in [3.05, 3.63) is 45.8 Å². The zero-order valence-corrected chi connectivity index (χ0v) is 15.1. The Hall–Kier alpha value is -2.87. The second-order valence-corrected chi connectivity index (χ2v) is 6.80. The molecule has 1 aliphatic carbocycles. The number of aromatic hydroxyl groups is 1. The predicted octanol–water partition coefficient (Wildman–Crippen LogP) is 3.27. The number of phenols is 1. The van der Waals surface area contributed by atoms with Crippen molar-refractivity contribution >= 4 is 34.6 Å². The highest BCUT2D eigenvalue weighted by molar-refractivity contribution is 7.17. The van der Waals surface area contributed by atoms with E-state index in [4.69, 9.17) is 4.74 Å². The van der Waals surface area contributed by atoms with E-state index < -0.39 is 12.0 Å². The molecule has 3 rings (SSSR count). The average Bonchev–Trinajstić information content (AvgIpc) is 3.17. The van der Waals surface area contributed by atoms with Gasteiger partial charge in [0.1, 0.15) is 10.8 Å². The Morgan fingerprint density at radius 1 is 1.31 bits per heavy atom. The van der Waals surface area contributed by atoms with E-state index in [0.717, 1.165) is 35.3 Å². The molecule has 1 heterocycles. The van der Waals surface area contributed by atoms with Gasteiger partial charge >= 0.3 is 12.0 Å². The van der Waals surface area contributed by atoms with Gasteiger partial charge in [-0.15, -0.1) is 11.3 Å². The number of rotatable bonds is 5. The molecule has 0 radical (unpaired) electrons. The number of hydrazone groups is 1. The van der Waals surface area contributed by atoms with Crippen LogP contribution in [0.25, 0.3) is 0 Å². The minimum Gasteiger partial charge on any atom is -0.508 e. The molecule has 8 heteroatoms. The number of benzene rings is 1. The molecule has 0 atom stereocenters. The number of carbonyl (C=O) groups excluding carboxylic acids is 2. The topological polar surface area (TPSA) is 100 Å². The van der Waals surface area contributed by atoms with Crippen LogP contribution in [0.4, 0.5) is 9.80 Å². The molecule has 2 aromatic rings. The fraction of sp³-hybridized carbons (Fsp3) is 0.278. The van der Waals surface area contributed by atoms with Crippen LogP contribution < -0.4 is 10.7 Å². The summed E-state index contributed by atoms with van der Waals surface area (Å²) in [5.41, 5.74) is 4.54. The van der Waals surface area contributed by atoms with Crippen LogP contribution in [-0.2, 0) is 17.6 Å². The van der Waals surface area contributed by atoms with Crippen molar-refractivity contribution in [1.82, 2.24) is 5.43 Å². The predicted molar refractivity (Wildman–Crippen MR) is 100 cm³/mol. The van der Waals surface area contributed by atoms with Gasteiger partial charge in [0, 0.05) is 4.88 Å². The number of thiophene rings is 1. The lowest BCUT2D eigenvalue weighted by molar-refractivity contribution is 0.0527. The molecule has 1 aromatic carbocycles. The van der Waals surface area contributed by atoms with Gasteiger partial charge in [-0.2, -0.15) is 5.10 Å². The van der Waals surface area contributed by atoms with Gasteiger partial charge in [0.2, 0.25) is 0 Å². The summed E-state index contributed by atoms with van der Waals surface area (Å²) >= 11 is 1.41. The number of carbonyl (C=O) groups is 2. The van der Waals surface area contributed by atoms with E-state index in [1.165, 1.54) is 29.7 Å². The first kappa shape index (κ1) is 17.9. The maximum atomic E-state index is 12.3. The van der Waals surface area contributed by atoms with E-state index in [0.29, 0.717) is 10.6 Å². The number of anilines is 1. The van der Waals surface area contributed by atoms with Crippen LogP contribution in [-0.4, -0.2) is 29.9 Å². The third-order valence-corrected chi connectivity index (χ3v) is 5.11. The molecule has 0 saturated heterocycles. The van der Waals surface area contributed by atoms with Crippen molar-refractivity contribution in [2.75, 3.05) is 11.9 Å². The third-order valence-electron chi connectivity index (χ3n) is 3.90. The number of hydrogen-bond acceptors (Lipinski definition) is 6. The molecule has 26 heavy (non-hydrogen) atoms. The molecular weight excluding hydrogens is 354 g/mol. The van der Waals surface area contributed by atoms with Crippen LogP contribution in [0.5, 0.6) is 5.75 Å². The number of amides is 2. The van der Waals surface area contributed by atoms with Gasteiger partial charge in [-0.1, -0.05) is 0 Å². The summed E-state index contributed by atoms with van der Waals surface area (Å²) in [6.07, 6.45) is 4.20. The fourth-order valence-corrected chi connectivity index (χ4v) is 4.04. The first-order valence-electron chi connectivity index (χ1n) is 8.29. The molecule has 2 amide bonds. The highest BCUT2D eigenvalue weighted by Crippen LogP contribution is 2.39. The Labute approximate surface area is 154 Å². The molecule has 0 fully saturated rings. The van der Waals surface area contributed by atoms with Crippen LogP contribution in [0.1, 0.15) is 39.7 Å². The lowest BCUT2D eigenvalue weighted by Crippen LogP contribution is -2.25. The molecule has 3 N–H and O–H groups in total. The maximum Gasteiger partial charge on any atom is 0.341 e. The standard InChI is InChI=1S/C18H19N3O4S/c1-2-25-17(23)15-13-4-3-5-14(13)26-16(15)20-18(24)21-19-10-11-6-8-12(22)9-7-11/h6-10,22H,2-5H2,1H3,(H2,20,21,24). The molecule has 0 spiro atoms. The quantitative estimate of drug-likeness (QED) is 0.425. The summed E-state index contributed by atoms with van der Waals surface area (Å²) in [6.45, 7) is 2.04. The number of esters is 1. The lowest BCUT2D eigenvalue weighted by atomic mass is 10.1. The zero-order chi connectivity index (χ0) is 18.5. The minimum atomic E-state index is -0.537. The number of nitrogens with zero attached hydrogens (tertiary/aromatic N) is 1. The Balaban J connectivity index is 1.67. The normalized spacial score (nSPS) is 12.8. The van der Waals surface area contributed by atoms with Crippen LogP contribution >= 0.6 is 11.3 Å². The number of phenolic OH excluding ortho intramolecular Hbond substituents is 1. The largest absolute Gasteiger partial charge is 0.508 e. The van der Waals surface area contributed by atoms with Gasteiger partial charge in [-0.05, 0) is 61.6 Å². The second-order valence-electron chi connectivity index (χ2n) is 5.70.